The van der Waals surface area contributed by atoms with Gasteiger partial charge in [0.2, 0.25) is 0 Å². The molecule has 10 rings (SSSR count). The van der Waals surface area contributed by atoms with E-state index in [0.717, 1.165) is 83.6 Å². The zero-order valence-corrected chi connectivity index (χ0v) is 32.7. The molecule has 0 unspecified atom stereocenters. The summed E-state index contributed by atoms with van der Waals surface area (Å²) in [5.41, 5.74) is 15.8. The minimum atomic E-state index is 0.592. The fourth-order valence-electron chi connectivity index (χ4n) is 7.67. The Bertz CT molecular complexity index is 2920. The van der Waals surface area contributed by atoms with Gasteiger partial charge in [0, 0.05) is 34.0 Å². The standard InChI is InChI=1S/C56H38N4/c1-5-15-39(16-6-1)42-25-29-45(30-26-42)54-58-55(46-31-27-43(28-32-46)40-17-7-2-8-18-40)60-56(59-54)50-36-48(41-19-9-3-10-20-41)35-49(37-50)47-33-34-53(57-38-47)52-24-14-13-23-51(52)44-21-11-4-12-22-44/h1-38H. The Morgan fingerprint density at radius 2 is 0.550 bits per heavy atom. The molecule has 0 amide bonds. The molecule has 0 saturated carbocycles. The number of nitrogens with zero attached hydrogens (tertiary/aromatic N) is 4. The van der Waals surface area contributed by atoms with Gasteiger partial charge in [0.1, 0.15) is 0 Å². The van der Waals surface area contributed by atoms with Crippen LogP contribution in [0.5, 0.6) is 0 Å². The van der Waals surface area contributed by atoms with Gasteiger partial charge in [-0.25, -0.2) is 15.0 Å². The average molecular weight is 767 g/mol. The number of rotatable bonds is 9. The highest BCUT2D eigenvalue weighted by Gasteiger charge is 2.16. The molecule has 0 N–H and O–H groups in total. The fourth-order valence-corrected chi connectivity index (χ4v) is 7.67. The first-order valence-corrected chi connectivity index (χ1v) is 20.1. The van der Waals surface area contributed by atoms with Gasteiger partial charge in [-0.3, -0.25) is 4.98 Å². The van der Waals surface area contributed by atoms with Crippen LogP contribution in [-0.4, -0.2) is 19.9 Å². The molecule has 4 nitrogen and oxygen atoms in total. The molecular weight excluding hydrogens is 729 g/mol. The highest BCUT2D eigenvalue weighted by molar-refractivity contribution is 5.84. The van der Waals surface area contributed by atoms with E-state index in [-0.39, 0.29) is 0 Å². The second-order valence-corrected chi connectivity index (χ2v) is 14.7. The third-order valence-corrected chi connectivity index (χ3v) is 10.8. The van der Waals surface area contributed by atoms with Crippen LogP contribution in [0, 0.1) is 0 Å². The Kier molecular flexibility index (Phi) is 9.92. The monoisotopic (exact) mass is 766 g/mol. The van der Waals surface area contributed by atoms with Gasteiger partial charge in [0.25, 0.3) is 0 Å². The summed E-state index contributed by atoms with van der Waals surface area (Å²) in [6.07, 6.45) is 1.97. The van der Waals surface area contributed by atoms with E-state index in [1.165, 1.54) is 0 Å². The van der Waals surface area contributed by atoms with Crippen molar-refractivity contribution in [3.05, 3.63) is 231 Å². The number of pyridine rings is 1. The second kappa shape index (κ2) is 16.4. The summed E-state index contributed by atoms with van der Waals surface area (Å²) in [5, 5.41) is 0. The fraction of sp³-hybridized carbons (Fsp3) is 0. The van der Waals surface area contributed by atoms with Crippen molar-refractivity contribution in [1.82, 2.24) is 19.9 Å². The van der Waals surface area contributed by atoms with Gasteiger partial charge in [-0.05, 0) is 74.3 Å². The van der Waals surface area contributed by atoms with Crippen molar-refractivity contribution in [3.63, 3.8) is 0 Å². The third kappa shape index (κ3) is 7.66. The Labute approximate surface area is 350 Å². The van der Waals surface area contributed by atoms with Gasteiger partial charge >= 0.3 is 0 Å². The molecule has 10 aromatic rings. The van der Waals surface area contributed by atoms with Crippen molar-refractivity contribution in [2.45, 2.75) is 0 Å². The van der Waals surface area contributed by atoms with E-state index in [0.29, 0.717) is 17.5 Å². The van der Waals surface area contributed by atoms with E-state index in [9.17, 15) is 0 Å². The van der Waals surface area contributed by atoms with Crippen LogP contribution in [0.3, 0.4) is 0 Å². The first-order valence-electron chi connectivity index (χ1n) is 20.1. The molecule has 4 heteroatoms. The van der Waals surface area contributed by atoms with E-state index in [1.54, 1.807) is 0 Å². The molecule has 0 radical (unpaired) electrons. The number of hydrogen-bond donors (Lipinski definition) is 0. The second-order valence-electron chi connectivity index (χ2n) is 14.7. The van der Waals surface area contributed by atoms with Crippen LogP contribution in [-0.2, 0) is 0 Å². The van der Waals surface area contributed by atoms with Crippen LogP contribution >= 0.6 is 0 Å². The maximum absolute atomic E-state index is 5.19. The number of aromatic nitrogens is 4. The predicted octanol–water partition coefficient (Wildman–Crippen LogP) is 14.3. The SMILES string of the molecule is c1ccc(-c2ccc(-c3nc(-c4ccc(-c5ccccc5)cc4)nc(-c4cc(-c5ccccc5)cc(-c5ccc(-c6ccccc6-c6ccccc6)nc5)c4)n3)cc2)cc1. The first kappa shape index (κ1) is 36.3. The molecule has 0 bridgehead atoms. The van der Waals surface area contributed by atoms with Crippen molar-refractivity contribution in [3.8, 4) is 101 Å². The summed E-state index contributed by atoms with van der Waals surface area (Å²) in [6.45, 7) is 0. The number of hydrogen-bond acceptors (Lipinski definition) is 4. The predicted molar refractivity (Wildman–Crippen MR) is 247 cm³/mol. The molecule has 0 saturated heterocycles. The molecule has 0 aliphatic rings. The average Bonchev–Trinajstić information content (AvgIpc) is 3.35. The summed E-state index contributed by atoms with van der Waals surface area (Å²) in [6, 6.07) is 77.9. The summed E-state index contributed by atoms with van der Waals surface area (Å²) in [5.74, 6) is 1.81. The van der Waals surface area contributed by atoms with Crippen molar-refractivity contribution in [2.75, 3.05) is 0 Å². The van der Waals surface area contributed by atoms with Crippen molar-refractivity contribution >= 4 is 0 Å². The van der Waals surface area contributed by atoms with Crippen LogP contribution in [0.25, 0.3) is 101 Å². The normalized spacial score (nSPS) is 11.0. The summed E-state index contributed by atoms with van der Waals surface area (Å²) in [4.78, 5) is 20.5. The highest BCUT2D eigenvalue weighted by Crippen LogP contribution is 2.36. The smallest absolute Gasteiger partial charge is 0.164 e. The van der Waals surface area contributed by atoms with Gasteiger partial charge in [0.05, 0.1) is 5.69 Å². The van der Waals surface area contributed by atoms with Gasteiger partial charge in [-0.15, -0.1) is 0 Å². The summed E-state index contributed by atoms with van der Waals surface area (Å²) >= 11 is 0. The molecule has 2 heterocycles. The zero-order chi connectivity index (χ0) is 40.1. The molecule has 8 aromatic carbocycles. The molecule has 0 atom stereocenters. The van der Waals surface area contributed by atoms with E-state index in [1.807, 2.05) is 30.5 Å². The molecule has 60 heavy (non-hydrogen) atoms. The molecule has 0 aliphatic carbocycles. The summed E-state index contributed by atoms with van der Waals surface area (Å²) in [7, 11) is 0. The van der Waals surface area contributed by atoms with Crippen LogP contribution in [0.4, 0.5) is 0 Å². The Hall–Kier alpha value is -8.08. The number of benzene rings is 8. The highest BCUT2D eigenvalue weighted by atomic mass is 15.0. The summed E-state index contributed by atoms with van der Waals surface area (Å²) < 4.78 is 0. The Balaban J connectivity index is 1.09. The molecule has 0 fully saturated rings. The van der Waals surface area contributed by atoms with Crippen LogP contribution < -0.4 is 0 Å². The lowest BCUT2D eigenvalue weighted by atomic mass is 9.95. The van der Waals surface area contributed by atoms with Gasteiger partial charge in [0.15, 0.2) is 17.5 Å². The van der Waals surface area contributed by atoms with E-state index in [4.69, 9.17) is 19.9 Å². The minimum Gasteiger partial charge on any atom is -0.256 e. The van der Waals surface area contributed by atoms with Crippen LogP contribution in [0.15, 0.2) is 231 Å². The lowest BCUT2D eigenvalue weighted by molar-refractivity contribution is 1.07. The Morgan fingerprint density at radius 1 is 0.217 bits per heavy atom. The van der Waals surface area contributed by atoms with E-state index < -0.39 is 0 Å². The lowest BCUT2D eigenvalue weighted by Crippen LogP contribution is -2.01. The molecule has 0 aliphatic heterocycles. The lowest BCUT2D eigenvalue weighted by Gasteiger charge is -2.13. The van der Waals surface area contributed by atoms with E-state index in [2.05, 4.69) is 200 Å². The maximum atomic E-state index is 5.19. The molecular formula is C56H38N4. The largest absolute Gasteiger partial charge is 0.256 e. The van der Waals surface area contributed by atoms with E-state index >= 15 is 0 Å². The van der Waals surface area contributed by atoms with Gasteiger partial charge in [-0.2, -0.15) is 0 Å². The zero-order valence-electron chi connectivity index (χ0n) is 32.7. The minimum absolute atomic E-state index is 0.592. The van der Waals surface area contributed by atoms with Gasteiger partial charge < -0.3 is 0 Å². The first-order chi connectivity index (χ1) is 29.7. The van der Waals surface area contributed by atoms with Crippen molar-refractivity contribution in [2.24, 2.45) is 0 Å². The van der Waals surface area contributed by atoms with Gasteiger partial charge in [-0.1, -0.05) is 200 Å². The van der Waals surface area contributed by atoms with Crippen LogP contribution in [0.1, 0.15) is 0 Å². The van der Waals surface area contributed by atoms with Crippen LogP contribution in [0.2, 0.25) is 0 Å². The third-order valence-electron chi connectivity index (χ3n) is 10.8. The topological polar surface area (TPSA) is 51.6 Å². The van der Waals surface area contributed by atoms with Crippen molar-refractivity contribution in [1.29, 1.82) is 0 Å². The molecule has 282 valence electrons. The quantitative estimate of drug-likeness (QED) is 0.147. The Morgan fingerprint density at radius 3 is 1.02 bits per heavy atom. The maximum Gasteiger partial charge on any atom is 0.164 e. The molecule has 2 aromatic heterocycles. The molecule has 0 spiro atoms. The van der Waals surface area contributed by atoms with Crippen molar-refractivity contribution < 1.29 is 0 Å².